The van der Waals surface area contributed by atoms with Crippen LogP contribution in [0.3, 0.4) is 0 Å². The van der Waals surface area contributed by atoms with E-state index in [4.69, 9.17) is 28.4 Å². The van der Waals surface area contributed by atoms with E-state index in [9.17, 15) is 4.79 Å². The molecule has 31 heavy (non-hydrogen) atoms. The van der Waals surface area contributed by atoms with Crippen LogP contribution in [0, 0.1) is 0 Å². The third-order valence-electron chi connectivity index (χ3n) is 4.57. The van der Waals surface area contributed by atoms with Gasteiger partial charge in [0.2, 0.25) is 17.3 Å². The first kappa shape index (κ1) is 21.8. The highest BCUT2D eigenvalue weighted by atomic mass is 16.5. The summed E-state index contributed by atoms with van der Waals surface area (Å²) in [6.07, 6.45) is 1.51. The molecule has 3 aromatic rings. The Morgan fingerprint density at radius 2 is 1.16 bits per heavy atom. The Kier molecular flexibility index (Phi) is 6.49. The first-order chi connectivity index (χ1) is 15.0. The molecule has 0 aliphatic carbocycles. The van der Waals surface area contributed by atoms with Gasteiger partial charge in [0.25, 0.3) is 0 Å². The average Bonchev–Trinajstić information content (AvgIpc) is 3.31. The highest BCUT2D eigenvalue weighted by Crippen LogP contribution is 2.40. The second-order valence-corrected chi connectivity index (χ2v) is 6.18. The van der Waals surface area contributed by atoms with Crippen molar-refractivity contribution in [2.45, 2.75) is 0 Å². The van der Waals surface area contributed by atoms with Crippen LogP contribution in [0.2, 0.25) is 0 Å². The molecule has 0 atom stereocenters. The van der Waals surface area contributed by atoms with Crippen LogP contribution in [0.4, 0.5) is 0 Å². The van der Waals surface area contributed by atoms with Crippen molar-refractivity contribution in [1.82, 2.24) is 15.0 Å². The molecule has 0 aliphatic rings. The van der Waals surface area contributed by atoms with Gasteiger partial charge in [0, 0.05) is 17.7 Å². The van der Waals surface area contributed by atoms with Gasteiger partial charge in [-0.05, 0) is 12.1 Å². The van der Waals surface area contributed by atoms with Crippen LogP contribution < -0.4 is 28.4 Å². The van der Waals surface area contributed by atoms with E-state index in [1.807, 2.05) is 0 Å². The highest BCUT2D eigenvalue weighted by molar-refractivity contribution is 6.08. The molecule has 0 saturated carbocycles. The minimum Gasteiger partial charge on any atom is -0.493 e. The van der Waals surface area contributed by atoms with Crippen LogP contribution in [0.5, 0.6) is 34.5 Å². The number of aromatic nitrogens is 3. The molecule has 1 heterocycles. The largest absolute Gasteiger partial charge is 0.493 e. The number of methoxy groups -OCH3 is 6. The van der Waals surface area contributed by atoms with Gasteiger partial charge in [0.1, 0.15) is 0 Å². The van der Waals surface area contributed by atoms with Crippen LogP contribution in [0.15, 0.2) is 30.5 Å². The first-order valence-corrected chi connectivity index (χ1v) is 9.08. The smallest absolute Gasteiger partial charge is 0.215 e. The number of carbonyl (C=O) groups is 1. The molecule has 0 spiro atoms. The van der Waals surface area contributed by atoms with E-state index in [-0.39, 0.29) is 11.5 Å². The number of ether oxygens (including phenoxy) is 6. The Morgan fingerprint density at radius 1 is 0.710 bits per heavy atom. The average molecular weight is 429 g/mol. The van der Waals surface area contributed by atoms with Gasteiger partial charge in [-0.2, -0.15) is 0 Å². The molecular weight excluding hydrogens is 406 g/mol. The molecule has 0 fully saturated rings. The first-order valence-electron chi connectivity index (χ1n) is 9.08. The minimum absolute atomic E-state index is 0.128. The number of hydrogen-bond donors (Lipinski definition) is 0. The van der Waals surface area contributed by atoms with Crippen molar-refractivity contribution in [2.75, 3.05) is 42.7 Å². The fourth-order valence-electron chi connectivity index (χ4n) is 3.05. The van der Waals surface area contributed by atoms with Crippen LogP contribution in [0.1, 0.15) is 16.1 Å². The zero-order chi connectivity index (χ0) is 22.5. The lowest BCUT2D eigenvalue weighted by Crippen LogP contribution is -2.04. The molecule has 10 heteroatoms. The number of benzene rings is 2. The van der Waals surface area contributed by atoms with Gasteiger partial charge in [-0.3, -0.25) is 4.79 Å². The van der Waals surface area contributed by atoms with Crippen molar-refractivity contribution < 1.29 is 33.2 Å². The topological polar surface area (TPSA) is 103 Å². The maximum Gasteiger partial charge on any atom is 0.215 e. The van der Waals surface area contributed by atoms with Crippen molar-refractivity contribution >= 4 is 5.78 Å². The van der Waals surface area contributed by atoms with Gasteiger partial charge in [-0.1, -0.05) is 5.21 Å². The maximum absolute atomic E-state index is 13.0. The lowest BCUT2D eigenvalue weighted by Gasteiger charge is -2.13. The van der Waals surface area contributed by atoms with Crippen LogP contribution >= 0.6 is 0 Å². The van der Waals surface area contributed by atoms with E-state index >= 15 is 0 Å². The summed E-state index contributed by atoms with van der Waals surface area (Å²) in [4.78, 5) is 13.0. The van der Waals surface area contributed by atoms with E-state index < -0.39 is 0 Å². The van der Waals surface area contributed by atoms with Crippen molar-refractivity contribution in [3.8, 4) is 40.2 Å². The van der Waals surface area contributed by atoms with Crippen LogP contribution in [0.25, 0.3) is 5.69 Å². The molecule has 0 aliphatic heterocycles. The lowest BCUT2D eigenvalue weighted by atomic mass is 10.1. The van der Waals surface area contributed by atoms with E-state index in [0.29, 0.717) is 45.7 Å². The molecule has 2 aromatic carbocycles. The molecule has 10 nitrogen and oxygen atoms in total. The monoisotopic (exact) mass is 429 g/mol. The summed E-state index contributed by atoms with van der Waals surface area (Å²) >= 11 is 0. The Balaban J connectivity index is 2.01. The molecule has 1 aromatic heterocycles. The number of carbonyl (C=O) groups excluding carboxylic acids is 1. The third-order valence-corrected chi connectivity index (χ3v) is 4.57. The standard InChI is InChI=1S/C21H23N3O7/c1-26-15-7-12(8-16(27-2)20(15)30-5)19(25)14-11-24(23-22-14)13-9-17(28-3)21(31-6)18(10-13)29-4/h7-11H,1-6H3. The minimum atomic E-state index is -0.363. The Bertz CT molecular complexity index is 1040. The fraction of sp³-hybridized carbons (Fsp3) is 0.286. The number of hydrogen-bond acceptors (Lipinski definition) is 9. The molecule has 0 saturated heterocycles. The second kappa shape index (κ2) is 9.24. The third kappa shape index (κ3) is 4.04. The summed E-state index contributed by atoms with van der Waals surface area (Å²) in [5, 5.41) is 8.08. The second-order valence-electron chi connectivity index (χ2n) is 6.18. The molecule has 164 valence electrons. The molecule has 0 unspecified atom stereocenters. The van der Waals surface area contributed by atoms with Gasteiger partial charge in [-0.15, -0.1) is 5.10 Å². The summed E-state index contributed by atoms with van der Waals surface area (Å²) in [7, 11) is 9.00. The summed E-state index contributed by atoms with van der Waals surface area (Å²) < 4.78 is 33.4. The van der Waals surface area contributed by atoms with E-state index in [0.717, 1.165) is 0 Å². The van der Waals surface area contributed by atoms with Gasteiger partial charge in [-0.25, -0.2) is 4.68 Å². The highest BCUT2D eigenvalue weighted by Gasteiger charge is 2.21. The summed E-state index contributed by atoms with van der Waals surface area (Å²) in [5.74, 6) is 2.10. The van der Waals surface area contributed by atoms with E-state index in [1.54, 1.807) is 24.3 Å². The predicted octanol–water partition coefficient (Wildman–Crippen LogP) is 2.55. The van der Waals surface area contributed by atoms with Crippen LogP contribution in [-0.4, -0.2) is 63.4 Å². The number of nitrogens with zero attached hydrogens (tertiary/aromatic N) is 3. The predicted molar refractivity (Wildman–Crippen MR) is 111 cm³/mol. The van der Waals surface area contributed by atoms with Crippen LogP contribution in [-0.2, 0) is 0 Å². The van der Waals surface area contributed by atoms with Gasteiger partial charge >= 0.3 is 0 Å². The quantitative estimate of drug-likeness (QED) is 0.475. The van der Waals surface area contributed by atoms with Crippen molar-refractivity contribution in [3.63, 3.8) is 0 Å². The van der Waals surface area contributed by atoms with Crippen molar-refractivity contribution in [2.24, 2.45) is 0 Å². The van der Waals surface area contributed by atoms with Crippen molar-refractivity contribution in [1.29, 1.82) is 0 Å². The van der Waals surface area contributed by atoms with Gasteiger partial charge < -0.3 is 28.4 Å². The molecule has 3 rings (SSSR count). The van der Waals surface area contributed by atoms with E-state index in [1.165, 1.54) is 53.5 Å². The number of ketones is 1. The van der Waals surface area contributed by atoms with Crippen molar-refractivity contribution in [3.05, 3.63) is 41.7 Å². The Hall–Kier alpha value is -3.95. The lowest BCUT2D eigenvalue weighted by molar-refractivity contribution is 0.103. The van der Waals surface area contributed by atoms with Gasteiger partial charge in [0.15, 0.2) is 28.7 Å². The number of rotatable bonds is 9. The molecule has 0 N–H and O–H groups in total. The Morgan fingerprint density at radius 3 is 1.58 bits per heavy atom. The molecule has 0 amide bonds. The Labute approximate surface area is 179 Å². The van der Waals surface area contributed by atoms with E-state index in [2.05, 4.69) is 10.3 Å². The fourth-order valence-corrected chi connectivity index (χ4v) is 3.05. The summed E-state index contributed by atoms with van der Waals surface area (Å²) in [5.41, 5.74) is 1.01. The molecular formula is C21H23N3O7. The van der Waals surface area contributed by atoms with Gasteiger partial charge in [0.05, 0.1) is 54.5 Å². The molecule has 0 radical (unpaired) electrons. The zero-order valence-corrected chi connectivity index (χ0v) is 18.1. The molecule has 0 bridgehead atoms. The normalized spacial score (nSPS) is 10.4. The zero-order valence-electron chi connectivity index (χ0n) is 18.1. The summed E-state index contributed by atoms with van der Waals surface area (Å²) in [6.45, 7) is 0. The maximum atomic E-state index is 13.0. The SMILES string of the molecule is COc1cc(C(=O)c2cn(-c3cc(OC)c(OC)c(OC)c3)nn2)cc(OC)c1OC. The summed E-state index contributed by atoms with van der Waals surface area (Å²) in [6, 6.07) is 6.51.